The molecule has 0 saturated carbocycles. The van der Waals surface area contributed by atoms with E-state index < -0.39 is 0 Å². The largest absolute Gasteiger partial charge is 0.357 e. The number of rotatable bonds is 7. The van der Waals surface area contributed by atoms with Crippen molar-refractivity contribution >= 4 is 17.6 Å². The topological polar surface area (TPSA) is 93.2 Å². The molecular weight excluding hydrogens is 426 g/mol. The summed E-state index contributed by atoms with van der Waals surface area (Å²) >= 11 is 6.05. The van der Waals surface area contributed by atoms with Gasteiger partial charge in [0.1, 0.15) is 6.54 Å². The number of benzene rings is 2. The van der Waals surface area contributed by atoms with E-state index in [1.54, 1.807) is 18.3 Å². The molecule has 164 valence electrons. The summed E-state index contributed by atoms with van der Waals surface area (Å²) in [6.07, 6.45) is 3.68. The van der Waals surface area contributed by atoms with Crippen molar-refractivity contribution < 1.29 is 4.52 Å². The number of nitrogens with zero attached hydrogens (tertiary/aromatic N) is 5. The van der Waals surface area contributed by atoms with Gasteiger partial charge in [-0.2, -0.15) is 10.1 Å². The maximum Gasteiger partial charge on any atom is 0.248 e. The van der Waals surface area contributed by atoms with Crippen LogP contribution in [0.1, 0.15) is 31.3 Å². The number of hydrogen-bond acceptors (Lipinski definition) is 5. The Morgan fingerprint density at radius 1 is 1.19 bits per heavy atom. The highest BCUT2D eigenvalue weighted by Gasteiger charge is 2.12. The lowest BCUT2D eigenvalue weighted by molar-refractivity contribution is 0.380. The smallest absolute Gasteiger partial charge is 0.248 e. The van der Waals surface area contributed by atoms with E-state index in [1.165, 1.54) is 0 Å². The molecular formula is C23H24ClN7O. The van der Waals surface area contributed by atoms with E-state index in [4.69, 9.17) is 16.1 Å². The Balaban J connectivity index is 1.45. The van der Waals surface area contributed by atoms with Gasteiger partial charge >= 0.3 is 0 Å². The van der Waals surface area contributed by atoms with E-state index in [9.17, 15) is 0 Å². The van der Waals surface area contributed by atoms with Crippen molar-refractivity contribution in [2.45, 2.75) is 26.4 Å². The van der Waals surface area contributed by atoms with Crippen LogP contribution in [0, 0.1) is 0 Å². The molecule has 0 aliphatic carbocycles. The summed E-state index contributed by atoms with van der Waals surface area (Å²) in [6, 6.07) is 17.5. The Morgan fingerprint density at radius 3 is 2.84 bits per heavy atom. The molecule has 2 N–H and O–H groups in total. The number of nitrogens with one attached hydrogen (secondary N) is 2. The maximum atomic E-state index is 6.05. The first-order valence-electron chi connectivity index (χ1n) is 10.4. The first kappa shape index (κ1) is 21.6. The first-order chi connectivity index (χ1) is 15.6. The summed E-state index contributed by atoms with van der Waals surface area (Å²) in [5.74, 6) is 1.57. The summed E-state index contributed by atoms with van der Waals surface area (Å²) in [4.78, 5) is 9.02. The fourth-order valence-electron chi connectivity index (χ4n) is 3.18. The summed E-state index contributed by atoms with van der Waals surface area (Å²) < 4.78 is 7.19. The zero-order chi connectivity index (χ0) is 22.3. The Morgan fingerprint density at radius 2 is 2.06 bits per heavy atom. The standard InChI is InChI=1S/C23H24ClN7O/c1-3-25-23(26-15-21-29-22(30-32-21)18-8-4-9-19(24)13-18)28-16(2)17-7-5-10-20(14-17)31-12-6-11-27-31/h4-14,16H,3,15H2,1-2H3,(H2,25,26,28). The van der Waals surface area contributed by atoms with Crippen LogP contribution in [0.2, 0.25) is 5.02 Å². The second-order valence-electron chi connectivity index (χ2n) is 7.13. The van der Waals surface area contributed by atoms with Crippen LogP contribution in [0.4, 0.5) is 0 Å². The predicted molar refractivity (Wildman–Crippen MR) is 125 cm³/mol. The lowest BCUT2D eigenvalue weighted by Crippen LogP contribution is -2.38. The van der Waals surface area contributed by atoms with Gasteiger partial charge in [-0.15, -0.1) is 0 Å². The molecule has 32 heavy (non-hydrogen) atoms. The zero-order valence-corrected chi connectivity index (χ0v) is 18.6. The Kier molecular flexibility index (Phi) is 6.81. The third-order valence-electron chi connectivity index (χ3n) is 4.76. The van der Waals surface area contributed by atoms with Crippen LogP contribution in [0.25, 0.3) is 17.1 Å². The van der Waals surface area contributed by atoms with Crippen molar-refractivity contribution in [2.75, 3.05) is 6.54 Å². The molecule has 9 heteroatoms. The lowest BCUT2D eigenvalue weighted by Gasteiger charge is -2.18. The molecule has 0 bridgehead atoms. The predicted octanol–water partition coefficient (Wildman–Crippen LogP) is 4.39. The van der Waals surface area contributed by atoms with E-state index in [2.05, 4.69) is 49.9 Å². The highest BCUT2D eigenvalue weighted by molar-refractivity contribution is 6.30. The number of guanidine groups is 1. The van der Waals surface area contributed by atoms with E-state index in [-0.39, 0.29) is 12.6 Å². The summed E-state index contributed by atoms with van der Waals surface area (Å²) in [5, 5.41) is 15.6. The van der Waals surface area contributed by atoms with Crippen LogP contribution in [0.15, 0.2) is 76.5 Å². The van der Waals surface area contributed by atoms with Gasteiger partial charge in [0.05, 0.1) is 11.7 Å². The Hall–Kier alpha value is -3.65. The highest BCUT2D eigenvalue weighted by atomic mass is 35.5. The van der Waals surface area contributed by atoms with Gasteiger partial charge in [-0.25, -0.2) is 9.67 Å². The third-order valence-corrected chi connectivity index (χ3v) is 5.00. The maximum absolute atomic E-state index is 6.05. The monoisotopic (exact) mass is 449 g/mol. The molecule has 4 aromatic rings. The normalized spacial score (nSPS) is 12.5. The van der Waals surface area contributed by atoms with Gasteiger partial charge in [0.25, 0.3) is 0 Å². The van der Waals surface area contributed by atoms with Crippen LogP contribution in [-0.2, 0) is 6.54 Å². The molecule has 0 amide bonds. The lowest BCUT2D eigenvalue weighted by atomic mass is 10.1. The average molecular weight is 450 g/mol. The molecule has 2 aromatic carbocycles. The van der Waals surface area contributed by atoms with E-state index in [0.717, 1.165) is 23.4 Å². The fourth-order valence-corrected chi connectivity index (χ4v) is 3.37. The van der Waals surface area contributed by atoms with Crippen molar-refractivity contribution in [1.29, 1.82) is 0 Å². The van der Waals surface area contributed by atoms with Crippen LogP contribution in [0.3, 0.4) is 0 Å². The minimum atomic E-state index is 0.0213. The highest BCUT2D eigenvalue weighted by Crippen LogP contribution is 2.20. The molecule has 8 nitrogen and oxygen atoms in total. The van der Waals surface area contributed by atoms with Crippen molar-refractivity contribution in [3.8, 4) is 17.1 Å². The van der Waals surface area contributed by atoms with Gasteiger partial charge in [0.15, 0.2) is 5.96 Å². The third kappa shape index (κ3) is 5.33. The minimum Gasteiger partial charge on any atom is -0.357 e. The molecule has 0 aliphatic rings. The summed E-state index contributed by atoms with van der Waals surface area (Å²) in [5.41, 5.74) is 2.92. The zero-order valence-electron chi connectivity index (χ0n) is 17.9. The molecule has 0 aliphatic heterocycles. The van der Waals surface area contributed by atoms with Gasteiger partial charge in [-0.3, -0.25) is 0 Å². The number of hydrogen-bond donors (Lipinski definition) is 2. The van der Waals surface area contributed by atoms with Crippen molar-refractivity contribution in [1.82, 2.24) is 30.6 Å². The van der Waals surface area contributed by atoms with Gasteiger partial charge in [0.2, 0.25) is 11.7 Å². The van der Waals surface area contributed by atoms with Crippen molar-refractivity contribution in [3.05, 3.63) is 83.5 Å². The second kappa shape index (κ2) is 10.1. The molecule has 0 fully saturated rings. The first-order valence-corrected chi connectivity index (χ1v) is 10.7. The molecule has 0 radical (unpaired) electrons. The number of aliphatic imine (C=N–C) groups is 1. The van der Waals surface area contributed by atoms with Crippen molar-refractivity contribution in [2.24, 2.45) is 4.99 Å². The number of halogens is 1. The minimum absolute atomic E-state index is 0.0213. The summed E-state index contributed by atoms with van der Waals surface area (Å²) in [6.45, 7) is 5.08. The second-order valence-corrected chi connectivity index (χ2v) is 7.57. The fraction of sp³-hybridized carbons (Fsp3) is 0.217. The van der Waals surface area contributed by atoms with E-state index in [0.29, 0.717) is 22.7 Å². The van der Waals surface area contributed by atoms with Crippen LogP contribution in [-0.4, -0.2) is 32.4 Å². The van der Waals surface area contributed by atoms with Crippen molar-refractivity contribution in [3.63, 3.8) is 0 Å². The Bertz CT molecular complexity index is 1190. The van der Waals surface area contributed by atoms with Gasteiger partial charge < -0.3 is 15.2 Å². The van der Waals surface area contributed by atoms with Crippen LogP contribution >= 0.6 is 11.6 Å². The molecule has 1 unspecified atom stereocenters. The van der Waals surface area contributed by atoms with Crippen LogP contribution < -0.4 is 10.6 Å². The molecule has 2 aromatic heterocycles. The quantitative estimate of drug-likeness (QED) is 0.321. The number of aromatic nitrogens is 4. The molecule has 4 rings (SSSR count). The SMILES string of the molecule is CCNC(=NCc1nc(-c2cccc(Cl)c2)no1)NC(C)c1cccc(-n2cccn2)c1. The molecule has 1 atom stereocenters. The summed E-state index contributed by atoms with van der Waals surface area (Å²) in [7, 11) is 0. The molecule has 0 saturated heterocycles. The van der Waals surface area contributed by atoms with Gasteiger partial charge in [-0.05, 0) is 49.7 Å². The van der Waals surface area contributed by atoms with Gasteiger partial charge in [-0.1, -0.05) is 41.0 Å². The van der Waals surface area contributed by atoms with E-state index >= 15 is 0 Å². The average Bonchev–Trinajstić information content (AvgIpc) is 3.50. The molecule has 2 heterocycles. The Labute approximate surface area is 191 Å². The van der Waals surface area contributed by atoms with Gasteiger partial charge in [0, 0.05) is 29.5 Å². The van der Waals surface area contributed by atoms with E-state index in [1.807, 2.05) is 48.1 Å². The molecule has 0 spiro atoms. The van der Waals surface area contributed by atoms with Crippen LogP contribution in [0.5, 0.6) is 0 Å².